The predicted octanol–water partition coefficient (Wildman–Crippen LogP) is 5.64. The number of Topliss-reactive ketones (excluding diaryl/α,β-unsaturated/α-hetero) is 2. The van der Waals surface area contributed by atoms with Crippen molar-refractivity contribution in [1.82, 2.24) is 0 Å². The molecule has 1 aromatic rings. The van der Waals surface area contributed by atoms with Crippen LogP contribution in [0.3, 0.4) is 0 Å². The minimum atomic E-state index is -1.56. The maximum absolute atomic E-state index is 13.7. The van der Waals surface area contributed by atoms with Gasteiger partial charge in [-0.3, -0.25) is 9.59 Å². The number of phenolic OH excluding ortho intramolecular Hbond substituents is 2. The van der Waals surface area contributed by atoms with E-state index in [1.807, 2.05) is 26.8 Å². The summed E-state index contributed by atoms with van der Waals surface area (Å²) >= 11 is 6.47. The fourth-order valence-electron chi connectivity index (χ4n) is 4.10. The molecule has 1 aromatic carbocycles. The van der Waals surface area contributed by atoms with Crippen LogP contribution in [-0.2, 0) is 4.74 Å². The highest BCUT2D eigenvalue weighted by Crippen LogP contribution is 2.48. The zero-order valence-electron chi connectivity index (χ0n) is 18.6. The number of carbonyl (C=O) groups is 2. The van der Waals surface area contributed by atoms with Crippen LogP contribution in [0.1, 0.15) is 74.6 Å². The first-order chi connectivity index (χ1) is 14.4. The summed E-state index contributed by atoms with van der Waals surface area (Å²) in [5.74, 6) is -1.71. The summed E-state index contributed by atoms with van der Waals surface area (Å²) in [6.45, 7) is 9.63. The van der Waals surface area contributed by atoms with Gasteiger partial charge in [-0.05, 0) is 53.5 Å². The number of rotatable bonds is 5. The van der Waals surface area contributed by atoms with Crippen LogP contribution in [0.15, 0.2) is 47.1 Å². The first-order valence-electron chi connectivity index (χ1n) is 10.4. The highest BCUT2D eigenvalue weighted by molar-refractivity contribution is 6.30. The van der Waals surface area contributed by atoms with Gasteiger partial charge in [0.2, 0.25) is 5.78 Å². The molecule has 0 fully saturated rings. The van der Waals surface area contributed by atoms with Crippen LogP contribution in [0.25, 0.3) is 0 Å². The second-order valence-corrected chi connectivity index (χ2v) is 9.61. The lowest BCUT2D eigenvalue weighted by Gasteiger charge is -2.47. The molecule has 1 heterocycles. The largest absolute Gasteiger partial charge is 0.508 e. The van der Waals surface area contributed by atoms with E-state index in [1.54, 1.807) is 19.9 Å². The van der Waals surface area contributed by atoms with Crippen LogP contribution in [0.2, 0.25) is 0 Å². The molecule has 0 aromatic heterocycles. The van der Waals surface area contributed by atoms with Crippen molar-refractivity contribution < 1.29 is 24.5 Å². The number of fused-ring (bicyclic) bond motifs is 2. The number of phenols is 2. The number of halogens is 1. The number of alkyl halides is 1. The van der Waals surface area contributed by atoms with Crippen molar-refractivity contribution in [2.75, 3.05) is 0 Å². The van der Waals surface area contributed by atoms with E-state index in [4.69, 9.17) is 16.3 Å². The molecule has 0 amide bonds. The van der Waals surface area contributed by atoms with Crippen molar-refractivity contribution in [3.63, 3.8) is 0 Å². The summed E-state index contributed by atoms with van der Waals surface area (Å²) in [5, 5.41) is 19.6. The Bertz CT molecular complexity index is 1030. The third kappa shape index (κ3) is 4.21. The van der Waals surface area contributed by atoms with Crippen molar-refractivity contribution in [1.29, 1.82) is 0 Å². The Labute approximate surface area is 188 Å². The second-order valence-electron chi connectivity index (χ2n) is 9.14. The quantitative estimate of drug-likeness (QED) is 0.453. The third-order valence-electron chi connectivity index (χ3n) is 5.86. The van der Waals surface area contributed by atoms with Gasteiger partial charge in [0.15, 0.2) is 11.4 Å². The average Bonchev–Trinajstić information content (AvgIpc) is 2.65. The van der Waals surface area contributed by atoms with Gasteiger partial charge >= 0.3 is 0 Å². The van der Waals surface area contributed by atoms with E-state index in [1.165, 1.54) is 11.6 Å². The highest BCUT2D eigenvalue weighted by atomic mass is 35.5. The lowest BCUT2D eigenvalue weighted by atomic mass is 9.69. The minimum absolute atomic E-state index is 0.0425. The Morgan fingerprint density at radius 3 is 2.48 bits per heavy atom. The molecule has 5 nitrogen and oxygen atoms in total. The minimum Gasteiger partial charge on any atom is -0.508 e. The van der Waals surface area contributed by atoms with E-state index in [9.17, 15) is 19.8 Å². The van der Waals surface area contributed by atoms with Gasteiger partial charge in [-0.2, -0.15) is 0 Å². The molecule has 2 atom stereocenters. The molecule has 0 saturated heterocycles. The highest BCUT2D eigenvalue weighted by Gasteiger charge is 2.57. The topological polar surface area (TPSA) is 83.8 Å². The number of benzene rings is 1. The fourth-order valence-corrected chi connectivity index (χ4v) is 4.27. The molecular formula is C25H29ClO5. The van der Waals surface area contributed by atoms with Crippen LogP contribution >= 0.6 is 11.6 Å². The molecule has 2 aliphatic rings. The van der Waals surface area contributed by atoms with Gasteiger partial charge in [0, 0.05) is 23.6 Å². The van der Waals surface area contributed by atoms with Crippen molar-refractivity contribution in [3.8, 4) is 11.5 Å². The van der Waals surface area contributed by atoms with E-state index >= 15 is 0 Å². The van der Waals surface area contributed by atoms with E-state index in [0.29, 0.717) is 0 Å². The maximum Gasteiger partial charge on any atom is 0.200 e. The third-order valence-corrected chi connectivity index (χ3v) is 6.52. The smallest absolute Gasteiger partial charge is 0.200 e. The molecule has 0 bridgehead atoms. The van der Waals surface area contributed by atoms with E-state index in [2.05, 4.69) is 6.08 Å². The Hall–Kier alpha value is -2.37. The summed E-state index contributed by atoms with van der Waals surface area (Å²) in [7, 11) is 0. The summed E-state index contributed by atoms with van der Waals surface area (Å²) < 4.78 is 6.30. The van der Waals surface area contributed by atoms with Gasteiger partial charge in [-0.1, -0.05) is 29.4 Å². The second kappa shape index (κ2) is 8.29. The molecule has 6 heteroatoms. The SMILES string of the molecule is CC(C)=CCCC(C)=CC[C@@]12OC(C)(C)[C@H](Cl)C=C1C(=O)c1c(O)cc(O)cc1C2=O. The molecule has 31 heavy (non-hydrogen) atoms. The van der Waals surface area contributed by atoms with E-state index in [-0.39, 0.29) is 28.9 Å². The standard InChI is InChI=1S/C25H29ClO5/c1-14(2)7-6-8-15(3)9-10-25-18(13-20(26)24(4,5)31-25)22(29)21-17(23(25)30)11-16(27)12-19(21)28/h7,9,11-13,20,27-28H,6,8,10H2,1-5H3/t20-,25-/m1/s1. The Morgan fingerprint density at radius 1 is 1.16 bits per heavy atom. The van der Waals surface area contributed by atoms with Gasteiger partial charge in [0.1, 0.15) is 11.5 Å². The Balaban J connectivity index is 2.11. The van der Waals surface area contributed by atoms with E-state index in [0.717, 1.165) is 24.5 Å². The van der Waals surface area contributed by atoms with Crippen LogP contribution in [0.4, 0.5) is 0 Å². The van der Waals surface area contributed by atoms with Gasteiger partial charge in [-0.15, -0.1) is 11.6 Å². The molecule has 0 saturated carbocycles. The summed E-state index contributed by atoms with van der Waals surface area (Å²) in [4.78, 5) is 27.1. The van der Waals surface area contributed by atoms with Crippen LogP contribution in [0, 0.1) is 0 Å². The lowest BCUT2D eigenvalue weighted by Crippen LogP contribution is -2.58. The molecule has 166 valence electrons. The summed E-state index contributed by atoms with van der Waals surface area (Å²) in [6.07, 6.45) is 7.52. The van der Waals surface area contributed by atoms with Gasteiger partial charge < -0.3 is 14.9 Å². The lowest BCUT2D eigenvalue weighted by molar-refractivity contribution is -0.103. The molecule has 0 unspecified atom stereocenters. The summed E-state index contributed by atoms with van der Waals surface area (Å²) in [6, 6.07) is 2.26. The Kier molecular flexibility index (Phi) is 6.23. The van der Waals surface area contributed by atoms with Crippen LogP contribution in [-0.4, -0.2) is 38.4 Å². The number of carbonyl (C=O) groups excluding carboxylic acids is 2. The molecule has 1 aliphatic heterocycles. The summed E-state index contributed by atoms with van der Waals surface area (Å²) in [5.41, 5.74) is -0.173. The number of hydrogen-bond donors (Lipinski definition) is 2. The number of allylic oxidation sites excluding steroid dienone is 3. The monoisotopic (exact) mass is 444 g/mol. The van der Waals surface area contributed by atoms with Crippen LogP contribution in [0.5, 0.6) is 11.5 Å². The van der Waals surface area contributed by atoms with E-state index < -0.39 is 33.9 Å². The first-order valence-corrected chi connectivity index (χ1v) is 10.8. The Morgan fingerprint density at radius 2 is 1.84 bits per heavy atom. The number of ether oxygens (including phenoxy) is 1. The first kappa shape index (κ1) is 23.3. The van der Waals surface area contributed by atoms with Crippen LogP contribution < -0.4 is 0 Å². The van der Waals surface area contributed by atoms with Gasteiger partial charge in [-0.25, -0.2) is 0 Å². The van der Waals surface area contributed by atoms with Crippen molar-refractivity contribution in [2.24, 2.45) is 0 Å². The number of aromatic hydroxyl groups is 2. The number of hydrogen-bond acceptors (Lipinski definition) is 5. The predicted molar refractivity (Wildman–Crippen MR) is 121 cm³/mol. The molecule has 0 radical (unpaired) electrons. The molecule has 1 aliphatic carbocycles. The fraction of sp³-hybridized carbons (Fsp3) is 0.440. The normalized spacial score (nSPS) is 24.9. The van der Waals surface area contributed by atoms with Crippen molar-refractivity contribution >= 4 is 23.2 Å². The molecule has 3 rings (SSSR count). The molecule has 0 spiro atoms. The van der Waals surface area contributed by atoms with Crippen molar-refractivity contribution in [2.45, 2.75) is 70.5 Å². The molecular weight excluding hydrogens is 416 g/mol. The maximum atomic E-state index is 13.7. The van der Waals surface area contributed by atoms with Crippen molar-refractivity contribution in [3.05, 3.63) is 58.2 Å². The zero-order chi connectivity index (χ0) is 23.1. The zero-order valence-corrected chi connectivity index (χ0v) is 19.3. The molecule has 2 N–H and O–H groups in total. The number of ketones is 2. The van der Waals surface area contributed by atoms with Gasteiger partial charge in [0.05, 0.1) is 16.5 Å². The van der Waals surface area contributed by atoms with Gasteiger partial charge in [0.25, 0.3) is 0 Å². The average molecular weight is 445 g/mol.